The van der Waals surface area contributed by atoms with Crippen molar-refractivity contribution in [1.29, 1.82) is 0 Å². The topological polar surface area (TPSA) is 84.9 Å². The second-order valence-electron chi connectivity index (χ2n) is 7.34. The van der Waals surface area contributed by atoms with Crippen molar-refractivity contribution in [2.45, 2.75) is 29.8 Å². The number of fused-ring (bicyclic) bond motifs is 3. The predicted molar refractivity (Wildman–Crippen MR) is 103 cm³/mol. The minimum absolute atomic E-state index is 0.135. The van der Waals surface area contributed by atoms with E-state index in [2.05, 4.69) is 5.32 Å². The van der Waals surface area contributed by atoms with Gasteiger partial charge < -0.3 is 14.8 Å². The molecular formula is C19H20N2O5S2. The Morgan fingerprint density at radius 1 is 1.14 bits per heavy atom. The van der Waals surface area contributed by atoms with Crippen LogP contribution in [0.1, 0.15) is 22.5 Å². The zero-order valence-electron chi connectivity index (χ0n) is 15.0. The SMILES string of the molecule is O=C(N[C@H]1C[C@@H]2C[C@H]1N(S(=O)(=O)c1ccc3c(c1)OCCO3)C2)c1cccs1. The number of amides is 1. The minimum atomic E-state index is -3.68. The zero-order valence-corrected chi connectivity index (χ0v) is 16.7. The number of carbonyl (C=O) groups is 1. The molecule has 1 N–H and O–H groups in total. The standard InChI is InChI=1S/C19H20N2O5S2/c22-19(18-2-1-7-27-18)20-14-8-12-9-15(14)21(11-12)28(23,24)13-3-4-16-17(10-13)26-6-5-25-16/h1-4,7,10,12,14-15H,5-6,8-9,11H2,(H,20,22)/t12-,14+,15-/m1/s1. The molecule has 1 aromatic heterocycles. The number of thiophene rings is 1. The van der Waals surface area contributed by atoms with Crippen LogP contribution in [0.25, 0.3) is 0 Å². The molecule has 0 radical (unpaired) electrons. The van der Waals surface area contributed by atoms with Gasteiger partial charge in [0.15, 0.2) is 11.5 Å². The van der Waals surface area contributed by atoms with Gasteiger partial charge in [0.25, 0.3) is 5.91 Å². The summed E-state index contributed by atoms with van der Waals surface area (Å²) >= 11 is 1.38. The van der Waals surface area contributed by atoms with E-state index >= 15 is 0 Å². The normalized spacial score (nSPS) is 26.4. The molecule has 2 aromatic rings. The molecule has 0 spiro atoms. The molecule has 1 amide bonds. The third kappa shape index (κ3) is 2.98. The molecule has 3 heterocycles. The van der Waals surface area contributed by atoms with Crippen molar-refractivity contribution in [3.05, 3.63) is 40.6 Å². The van der Waals surface area contributed by atoms with E-state index in [-0.39, 0.29) is 28.8 Å². The molecule has 3 aliphatic rings. The molecule has 7 nitrogen and oxygen atoms in total. The van der Waals surface area contributed by atoms with Crippen molar-refractivity contribution < 1.29 is 22.7 Å². The first kappa shape index (κ1) is 18.0. The number of piperidine rings is 1. The Bertz CT molecular complexity index is 1010. The fourth-order valence-corrected chi connectivity index (χ4v) is 6.76. The van der Waals surface area contributed by atoms with Gasteiger partial charge in [0.05, 0.1) is 9.77 Å². The van der Waals surface area contributed by atoms with Crippen LogP contribution < -0.4 is 14.8 Å². The average Bonchev–Trinajstić information content (AvgIpc) is 3.44. The second kappa shape index (κ2) is 6.75. The van der Waals surface area contributed by atoms with E-state index in [1.165, 1.54) is 17.4 Å². The summed E-state index contributed by atoms with van der Waals surface area (Å²) in [5.41, 5.74) is 0. The van der Waals surface area contributed by atoms with E-state index in [4.69, 9.17) is 9.47 Å². The monoisotopic (exact) mass is 420 g/mol. The Kier molecular flexibility index (Phi) is 4.33. The van der Waals surface area contributed by atoms with Crippen molar-refractivity contribution >= 4 is 27.3 Å². The summed E-state index contributed by atoms with van der Waals surface area (Å²) in [4.78, 5) is 13.3. The smallest absolute Gasteiger partial charge is 0.261 e. The molecule has 28 heavy (non-hydrogen) atoms. The van der Waals surface area contributed by atoms with E-state index in [1.54, 1.807) is 22.5 Å². The van der Waals surface area contributed by atoms with Gasteiger partial charge in [0.1, 0.15) is 13.2 Å². The highest BCUT2D eigenvalue weighted by atomic mass is 32.2. The summed E-state index contributed by atoms with van der Waals surface area (Å²) in [7, 11) is -3.68. The molecule has 5 rings (SSSR count). The molecule has 1 aromatic carbocycles. The van der Waals surface area contributed by atoms with Crippen LogP contribution in [0.3, 0.4) is 0 Å². The van der Waals surface area contributed by atoms with Gasteiger partial charge in [-0.2, -0.15) is 4.31 Å². The number of hydrogen-bond acceptors (Lipinski definition) is 6. The van der Waals surface area contributed by atoms with Crippen LogP contribution in [0.4, 0.5) is 0 Å². The lowest BCUT2D eigenvalue weighted by molar-refractivity contribution is 0.0921. The van der Waals surface area contributed by atoms with E-state index < -0.39 is 10.0 Å². The molecule has 2 fully saturated rings. The first-order valence-electron chi connectivity index (χ1n) is 9.28. The van der Waals surface area contributed by atoms with Gasteiger partial charge in [0, 0.05) is 24.7 Å². The Morgan fingerprint density at radius 3 is 2.71 bits per heavy atom. The second-order valence-corrected chi connectivity index (χ2v) is 10.2. The molecule has 2 aliphatic heterocycles. The molecule has 2 bridgehead atoms. The van der Waals surface area contributed by atoms with Crippen LogP contribution >= 0.6 is 11.3 Å². The number of sulfonamides is 1. The maximum atomic E-state index is 13.3. The highest BCUT2D eigenvalue weighted by Crippen LogP contribution is 2.42. The number of nitrogens with one attached hydrogen (secondary N) is 1. The number of ether oxygens (including phenoxy) is 2. The van der Waals surface area contributed by atoms with Crippen LogP contribution in [0, 0.1) is 5.92 Å². The Labute approximate surface area is 167 Å². The lowest BCUT2D eigenvalue weighted by Crippen LogP contribution is -2.51. The molecule has 1 saturated heterocycles. The Morgan fingerprint density at radius 2 is 1.96 bits per heavy atom. The first-order chi connectivity index (χ1) is 13.5. The fraction of sp³-hybridized carbons (Fsp3) is 0.421. The molecule has 9 heteroatoms. The van der Waals surface area contributed by atoms with Crippen LogP contribution in [0.15, 0.2) is 40.6 Å². The molecule has 148 valence electrons. The Balaban J connectivity index is 1.38. The van der Waals surface area contributed by atoms with Crippen molar-refractivity contribution in [3.63, 3.8) is 0 Å². The highest BCUT2D eigenvalue weighted by molar-refractivity contribution is 7.89. The number of benzene rings is 1. The fourth-order valence-electron chi connectivity index (χ4n) is 4.37. The molecule has 1 saturated carbocycles. The quantitative estimate of drug-likeness (QED) is 0.819. The van der Waals surface area contributed by atoms with Gasteiger partial charge >= 0.3 is 0 Å². The predicted octanol–water partition coefficient (Wildman–Crippen LogP) is 2.10. The third-order valence-electron chi connectivity index (χ3n) is 5.62. The maximum absolute atomic E-state index is 13.3. The van der Waals surface area contributed by atoms with Gasteiger partial charge in [-0.3, -0.25) is 4.79 Å². The largest absolute Gasteiger partial charge is 0.486 e. The average molecular weight is 421 g/mol. The van der Waals surface area contributed by atoms with Crippen molar-refractivity contribution in [2.75, 3.05) is 19.8 Å². The van der Waals surface area contributed by atoms with Crippen LogP contribution in [0.5, 0.6) is 11.5 Å². The lowest BCUT2D eigenvalue weighted by Gasteiger charge is -2.33. The molecular weight excluding hydrogens is 400 g/mol. The third-order valence-corrected chi connectivity index (χ3v) is 8.37. The van der Waals surface area contributed by atoms with Crippen molar-refractivity contribution in [2.24, 2.45) is 5.92 Å². The van der Waals surface area contributed by atoms with Gasteiger partial charge in [-0.05, 0) is 42.3 Å². The van der Waals surface area contributed by atoms with Crippen LogP contribution in [0.2, 0.25) is 0 Å². The first-order valence-corrected chi connectivity index (χ1v) is 11.6. The van der Waals surface area contributed by atoms with Crippen molar-refractivity contribution in [3.8, 4) is 11.5 Å². The van der Waals surface area contributed by atoms with Crippen molar-refractivity contribution in [1.82, 2.24) is 9.62 Å². The van der Waals surface area contributed by atoms with Gasteiger partial charge in [-0.15, -0.1) is 11.3 Å². The number of rotatable bonds is 4. The van der Waals surface area contributed by atoms with Gasteiger partial charge in [0.2, 0.25) is 10.0 Å². The zero-order chi connectivity index (χ0) is 19.3. The number of carbonyl (C=O) groups excluding carboxylic acids is 1. The maximum Gasteiger partial charge on any atom is 0.261 e. The summed E-state index contributed by atoms with van der Waals surface area (Å²) in [5.74, 6) is 1.16. The summed E-state index contributed by atoms with van der Waals surface area (Å²) < 4.78 is 39.1. The van der Waals surface area contributed by atoms with Crippen LogP contribution in [-0.2, 0) is 10.0 Å². The Hall–Kier alpha value is -2.10. The van der Waals surface area contributed by atoms with E-state index in [1.807, 2.05) is 11.4 Å². The van der Waals surface area contributed by atoms with Gasteiger partial charge in [-0.1, -0.05) is 6.07 Å². The minimum Gasteiger partial charge on any atom is -0.486 e. The molecule has 0 unspecified atom stereocenters. The highest BCUT2D eigenvalue weighted by Gasteiger charge is 2.50. The summed E-state index contributed by atoms with van der Waals surface area (Å²) in [5, 5.41) is 4.89. The number of hydrogen-bond donors (Lipinski definition) is 1. The molecule has 3 atom stereocenters. The van der Waals surface area contributed by atoms with E-state index in [9.17, 15) is 13.2 Å². The van der Waals surface area contributed by atoms with Gasteiger partial charge in [-0.25, -0.2) is 8.42 Å². The van der Waals surface area contributed by atoms with Crippen LogP contribution in [-0.4, -0.2) is 50.5 Å². The van der Waals surface area contributed by atoms with E-state index in [0.29, 0.717) is 36.1 Å². The summed E-state index contributed by atoms with van der Waals surface area (Å²) in [6, 6.07) is 7.97. The number of nitrogens with zero attached hydrogens (tertiary/aromatic N) is 1. The molecule has 1 aliphatic carbocycles. The van der Waals surface area contributed by atoms with E-state index in [0.717, 1.165) is 12.8 Å². The lowest BCUT2D eigenvalue weighted by atomic mass is 10.1. The summed E-state index contributed by atoms with van der Waals surface area (Å²) in [6.45, 7) is 1.36. The summed E-state index contributed by atoms with van der Waals surface area (Å²) in [6.07, 6.45) is 1.59.